The summed E-state index contributed by atoms with van der Waals surface area (Å²) in [5.74, 6) is 0.481. The summed E-state index contributed by atoms with van der Waals surface area (Å²) in [7, 11) is 0. The largest absolute Gasteiger partial charge is 0.364 e. The number of thiophene rings is 1. The van der Waals surface area contributed by atoms with Crippen LogP contribution in [0.1, 0.15) is 18.9 Å². The summed E-state index contributed by atoms with van der Waals surface area (Å²) in [5, 5.41) is 21.1. The van der Waals surface area contributed by atoms with Crippen LogP contribution in [0.2, 0.25) is 0 Å². The Morgan fingerprint density at radius 1 is 1.35 bits per heavy atom. The molecule has 0 amide bonds. The highest BCUT2D eigenvalue weighted by molar-refractivity contribution is 7.07. The second-order valence-electron chi connectivity index (χ2n) is 4.09. The van der Waals surface area contributed by atoms with Crippen LogP contribution in [0.15, 0.2) is 23.2 Å². The molecule has 0 saturated heterocycles. The fraction of sp³-hybridized carbons (Fsp3) is 0.333. The molecule has 0 unspecified atom stereocenters. The van der Waals surface area contributed by atoms with Crippen molar-refractivity contribution >= 4 is 28.7 Å². The summed E-state index contributed by atoms with van der Waals surface area (Å²) in [5.41, 5.74) is 0.946. The van der Waals surface area contributed by atoms with Gasteiger partial charge >= 0.3 is 5.69 Å². The Labute approximate surface area is 120 Å². The van der Waals surface area contributed by atoms with E-state index in [-0.39, 0.29) is 17.3 Å². The third-order valence-electron chi connectivity index (χ3n) is 2.59. The smallest absolute Gasteiger partial charge is 0.353 e. The van der Waals surface area contributed by atoms with E-state index in [1.54, 1.807) is 11.3 Å². The summed E-state index contributed by atoms with van der Waals surface area (Å²) in [6.07, 6.45) is 2.18. The lowest BCUT2D eigenvalue weighted by atomic mass is 10.3. The molecule has 7 nitrogen and oxygen atoms in total. The first-order valence-electron chi connectivity index (χ1n) is 6.20. The highest BCUT2D eigenvalue weighted by Gasteiger charge is 2.22. The van der Waals surface area contributed by atoms with E-state index < -0.39 is 4.92 Å². The van der Waals surface area contributed by atoms with Gasteiger partial charge in [0.15, 0.2) is 0 Å². The fourth-order valence-corrected chi connectivity index (χ4v) is 2.30. The van der Waals surface area contributed by atoms with Gasteiger partial charge in [0.2, 0.25) is 11.6 Å². The number of nitrogens with zero attached hydrogens (tertiary/aromatic N) is 3. The van der Waals surface area contributed by atoms with Crippen molar-refractivity contribution in [2.75, 3.05) is 17.2 Å². The molecule has 0 spiro atoms. The lowest BCUT2D eigenvalue weighted by Gasteiger charge is -2.08. The molecule has 2 aromatic heterocycles. The monoisotopic (exact) mass is 293 g/mol. The zero-order valence-corrected chi connectivity index (χ0v) is 11.8. The second-order valence-corrected chi connectivity index (χ2v) is 4.87. The average molecular weight is 293 g/mol. The first-order valence-corrected chi connectivity index (χ1v) is 7.15. The van der Waals surface area contributed by atoms with Crippen LogP contribution in [0.4, 0.5) is 17.3 Å². The summed E-state index contributed by atoms with van der Waals surface area (Å²) in [6.45, 7) is 3.10. The van der Waals surface area contributed by atoms with Crippen LogP contribution in [0.3, 0.4) is 0 Å². The van der Waals surface area contributed by atoms with Crippen molar-refractivity contribution < 1.29 is 4.92 Å². The molecule has 0 aliphatic rings. The van der Waals surface area contributed by atoms with E-state index in [0.29, 0.717) is 13.1 Å². The molecule has 2 N–H and O–H groups in total. The second kappa shape index (κ2) is 6.80. The lowest BCUT2D eigenvalue weighted by Crippen LogP contribution is -2.10. The van der Waals surface area contributed by atoms with Gasteiger partial charge in [-0.3, -0.25) is 10.1 Å². The zero-order chi connectivity index (χ0) is 14.4. The molecular weight excluding hydrogens is 278 g/mol. The van der Waals surface area contributed by atoms with Gasteiger partial charge in [0.25, 0.3) is 0 Å². The summed E-state index contributed by atoms with van der Waals surface area (Å²) < 4.78 is 0. The van der Waals surface area contributed by atoms with Gasteiger partial charge in [0.05, 0.1) is 4.92 Å². The molecule has 0 aromatic carbocycles. The topological polar surface area (TPSA) is 93.0 Å². The molecule has 0 radical (unpaired) electrons. The van der Waals surface area contributed by atoms with Gasteiger partial charge in [-0.1, -0.05) is 6.92 Å². The Balaban J connectivity index is 2.20. The third kappa shape index (κ3) is 3.41. The van der Waals surface area contributed by atoms with E-state index >= 15 is 0 Å². The molecule has 0 fully saturated rings. The van der Waals surface area contributed by atoms with Crippen molar-refractivity contribution in [3.63, 3.8) is 0 Å². The van der Waals surface area contributed by atoms with Crippen LogP contribution in [-0.4, -0.2) is 21.4 Å². The van der Waals surface area contributed by atoms with Crippen molar-refractivity contribution in [3.05, 3.63) is 38.8 Å². The van der Waals surface area contributed by atoms with E-state index in [9.17, 15) is 10.1 Å². The quantitative estimate of drug-likeness (QED) is 0.602. The van der Waals surface area contributed by atoms with E-state index in [1.807, 2.05) is 23.8 Å². The van der Waals surface area contributed by atoms with Crippen LogP contribution in [0.5, 0.6) is 0 Å². The summed E-state index contributed by atoms with van der Waals surface area (Å²) >= 11 is 1.58. The Morgan fingerprint density at radius 2 is 2.10 bits per heavy atom. The van der Waals surface area contributed by atoms with Crippen LogP contribution in [-0.2, 0) is 6.54 Å². The average Bonchev–Trinajstić information content (AvgIpc) is 2.95. The van der Waals surface area contributed by atoms with Crippen LogP contribution >= 0.6 is 11.3 Å². The van der Waals surface area contributed by atoms with E-state index in [1.165, 1.54) is 6.33 Å². The minimum absolute atomic E-state index is 0.115. The van der Waals surface area contributed by atoms with Gasteiger partial charge in [0, 0.05) is 13.1 Å². The molecule has 0 saturated carbocycles. The summed E-state index contributed by atoms with van der Waals surface area (Å²) in [6, 6.07) is 1.96. The predicted octanol–water partition coefficient (Wildman–Crippen LogP) is 2.88. The van der Waals surface area contributed by atoms with Crippen LogP contribution in [0, 0.1) is 10.1 Å². The van der Waals surface area contributed by atoms with Gasteiger partial charge in [-0.05, 0) is 28.8 Å². The maximum atomic E-state index is 11.2. The SMILES string of the molecule is CCCNc1ncnc(NCc2ccsc2)c1[N+](=O)[O-]. The maximum Gasteiger partial charge on any atom is 0.353 e. The number of nitrogens with one attached hydrogen (secondary N) is 2. The van der Waals surface area contributed by atoms with Crippen molar-refractivity contribution in [2.45, 2.75) is 19.9 Å². The minimum atomic E-state index is -0.464. The molecule has 0 atom stereocenters. The normalized spacial score (nSPS) is 10.2. The minimum Gasteiger partial charge on any atom is -0.364 e. The molecule has 2 aromatic rings. The van der Waals surface area contributed by atoms with Gasteiger partial charge < -0.3 is 10.6 Å². The number of hydrogen-bond donors (Lipinski definition) is 2. The molecule has 0 aliphatic heterocycles. The number of rotatable bonds is 7. The van der Waals surface area contributed by atoms with Crippen molar-refractivity contribution in [3.8, 4) is 0 Å². The van der Waals surface area contributed by atoms with Crippen molar-refractivity contribution in [1.29, 1.82) is 0 Å². The predicted molar refractivity (Wildman–Crippen MR) is 79.1 cm³/mol. The number of aromatic nitrogens is 2. The molecule has 0 bridgehead atoms. The van der Waals surface area contributed by atoms with Crippen LogP contribution < -0.4 is 10.6 Å². The standard InChI is InChI=1S/C12H15N5O2S/c1-2-4-13-11-10(17(18)19)12(16-8-15-11)14-6-9-3-5-20-7-9/h3,5,7-8H,2,4,6H2,1H3,(H2,13,14,15,16). The maximum absolute atomic E-state index is 11.2. The van der Waals surface area contributed by atoms with Gasteiger partial charge in [0.1, 0.15) is 6.33 Å². The summed E-state index contributed by atoms with van der Waals surface area (Å²) in [4.78, 5) is 18.7. The third-order valence-corrected chi connectivity index (χ3v) is 3.32. The number of nitro groups is 1. The Morgan fingerprint density at radius 3 is 2.70 bits per heavy atom. The Kier molecular flexibility index (Phi) is 4.83. The number of anilines is 2. The van der Waals surface area contributed by atoms with E-state index in [4.69, 9.17) is 0 Å². The van der Waals surface area contributed by atoms with Gasteiger partial charge in [-0.25, -0.2) is 9.97 Å². The van der Waals surface area contributed by atoms with E-state index in [0.717, 1.165) is 12.0 Å². The lowest BCUT2D eigenvalue weighted by molar-refractivity contribution is -0.383. The molecular formula is C12H15N5O2S. The molecule has 8 heteroatoms. The van der Waals surface area contributed by atoms with Gasteiger partial charge in [-0.15, -0.1) is 0 Å². The molecule has 20 heavy (non-hydrogen) atoms. The highest BCUT2D eigenvalue weighted by atomic mass is 32.1. The van der Waals surface area contributed by atoms with Crippen molar-refractivity contribution in [1.82, 2.24) is 9.97 Å². The van der Waals surface area contributed by atoms with E-state index in [2.05, 4.69) is 20.6 Å². The molecule has 2 heterocycles. The fourth-order valence-electron chi connectivity index (χ4n) is 1.63. The zero-order valence-electron chi connectivity index (χ0n) is 11.0. The Bertz CT molecular complexity index is 573. The molecule has 0 aliphatic carbocycles. The first kappa shape index (κ1) is 14.2. The van der Waals surface area contributed by atoms with Crippen molar-refractivity contribution in [2.24, 2.45) is 0 Å². The highest BCUT2D eigenvalue weighted by Crippen LogP contribution is 2.29. The first-order chi connectivity index (χ1) is 9.72. The van der Waals surface area contributed by atoms with Crippen LogP contribution in [0.25, 0.3) is 0 Å². The molecule has 2 rings (SSSR count). The van der Waals surface area contributed by atoms with Gasteiger partial charge in [-0.2, -0.15) is 11.3 Å². The Hall–Kier alpha value is -2.22. The number of hydrogen-bond acceptors (Lipinski definition) is 7. The molecule has 106 valence electrons.